The van der Waals surface area contributed by atoms with Crippen LogP contribution in [0.4, 0.5) is 0 Å². The number of hydrogen-bond acceptors (Lipinski definition) is 5. The molecule has 1 rings (SSSR count). The molecular formula is C12H15NO5S. The summed E-state index contributed by atoms with van der Waals surface area (Å²) in [5, 5.41) is 0. The second-order valence-electron chi connectivity index (χ2n) is 3.81. The molecule has 0 fully saturated rings. The van der Waals surface area contributed by atoms with Crippen LogP contribution >= 0.6 is 0 Å². The van der Waals surface area contributed by atoms with Gasteiger partial charge in [-0.05, 0) is 19.1 Å². The van der Waals surface area contributed by atoms with Crippen LogP contribution in [-0.4, -0.2) is 33.8 Å². The number of rotatable bonds is 6. The predicted molar refractivity (Wildman–Crippen MR) is 68.3 cm³/mol. The van der Waals surface area contributed by atoms with Crippen molar-refractivity contribution in [1.82, 2.24) is 4.72 Å². The Balaban J connectivity index is 2.80. The lowest BCUT2D eigenvalue weighted by Gasteiger charge is -2.07. The van der Waals surface area contributed by atoms with Crippen LogP contribution in [0.25, 0.3) is 0 Å². The molecule has 0 amide bonds. The van der Waals surface area contributed by atoms with Gasteiger partial charge in [0.25, 0.3) is 0 Å². The van der Waals surface area contributed by atoms with Gasteiger partial charge in [0, 0.05) is 12.1 Å². The van der Waals surface area contributed by atoms with Crippen molar-refractivity contribution in [3.8, 4) is 0 Å². The van der Waals surface area contributed by atoms with Gasteiger partial charge in [-0.25, -0.2) is 13.1 Å². The Morgan fingerprint density at radius 1 is 1.32 bits per heavy atom. The molecule has 1 aromatic carbocycles. The first kappa shape index (κ1) is 15.3. The van der Waals surface area contributed by atoms with Crippen LogP contribution in [0.1, 0.15) is 23.7 Å². The van der Waals surface area contributed by atoms with Crippen molar-refractivity contribution in [2.75, 3.05) is 13.7 Å². The number of Topliss-reactive ketones (excluding diaryl/α,β-unsaturated/α-hetero) is 1. The Labute approximate surface area is 111 Å². The Morgan fingerprint density at radius 3 is 2.58 bits per heavy atom. The molecule has 19 heavy (non-hydrogen) atoms. The summed E-state index contributed by atoms with van der Waals surface area (Å²) in [7, 11) is -2.50. The number of benzene rings is 1. The molecule has 7 heteroatoms. The molecule has 0 atom stereocenters. The number of hydrogen-bond donors (Lipinski definition) is 1. The normalized spacial score (nSPS) is 11.1. The predicted octanol–water partition coefficient (Wildman–Crippen LogP) is 0.731. The monoisotopic (exact) mass is 285 g/mol. The summed E-state index contributed by atoms with van der Waals surface area (Å²) in [4.78, 5) is 22.1. The lowest BCUT2D eigenvalue weighted by Crippen LogP contribution is -2.26. The molecule has 6 nitrogen and oxygen atoms in total. The number of carbonyl (C=O) groups is 2. The van der Waals surface area contributed by atoms with E-state index in [2.05, 4.69) is 9.46 Å². The van der Waals surface area contributed by atoms with Crippen LogP contribution in [0, 0.1) is 0 Å². The summed E-state index contributed by atoms with van der Waals surface area (Å²) in [6.45, 7) is 1.30. The fourth-order valence-electron chi connectivity index (χ4n) is 1.36. The zero-order chi connectivity index (χ0) is 14.5. The van der Waals surface area contributed by atoms with Gasteiger partial charge in [-0.1, -0.05) is 12.1 Å². The van der Waals surface area contributed by atoms with Crippen LogP contribution in [0.5, 0.6) is 0 Å². The van der Waals surface area contributed by atoms with E-state index in [1.807, 2.05) is 0 Å². The fourth-order valence-corrected chi connectivity index (χ4v) is 2.43. The van der Waals surface area contributed by atoms with Gasteiger partial charge in [-0.2, -0.15) is 0 Å². The average molecular weight is 285 g/mol. The van der Waals surface area contributed by atoms with Crippen molar-refractivity contribution in [1.29, 1.82) is 0 Å². The highest BCUT2D eigenvalue weighted by Gasteiger charge is 2.15. The summed E-state index contributed by atoms with van der Waals surface area (Å²) < 4.78 is 30.5. The van der Waals surface area contributed by atoms with Gasteiger partial charge in [0.05, 0.1) is 18.4 Å². The van der Waals surface area contributed by atoms with Crippen LogP contribution in [-0.2, 0) is 19.6 Å². The number of ether oxygens (including phenoxy) is 1. The number of nitrogens with one attached hydrogen (secondary N) is 1. The van der Waals surface area contributed by atoms with E-state index in [4.69, 9.17) is 0 Å². The van der Waals surface area contributed by atoms with E-state index in [0.717, 1.165) is 0 Å². The number of sulfonamides is 1. The minimum Gasteiger partial charge on any atom is -0.469 e. The van der Waals surface area contributed by atoms with Gasteiger partial charge in [-0.15, -0.1) is 0 Å². The summed E-state index contributed by atoms with van der Waals surface area (Å²) >= 11 is 0. The third-order valence-electron chi connectivity index (χ3n) is 2.40. The topological polar surface area (TPSA) is 89.5 Å². The van der Waals surface area contributed by atoms with Crippen molar-refractivity contribution < 1.29 is 22.7 Å². The lowest BCUT2D eigenvalue weighted by atomic mass is 10.2. The van der Waals surface area contributed by atoms with E-state index in [1.54, 1.807) is 0 Å². The van der Waals surface area contributed by atoms with Gasteiger partial charge in [-0.3, -0.25) is 9.59 Å². The highest BCUT2D eigenvalue weighted by atomic mass is 32.2. The smallest absolute Gasteiger partial charge is 0.306 e. The van der Waals surface area contributed by atoms with Crippen molar-refractivity contribution in [2.45, 2.75) is 18.2 Å². The molecule has 0 aliphatic heterocycles. The summed E-state index contributed by atoms with van der Waals surface area (Å²) in [5.41, 5.74) is 0.316. The molecule has 0 saturated heterocycles. The van der Waals surface area contributed by atoms with Crippen LogP contribution in [0.2, 0.25) is 0 Å². The zero-order valence-electron chi connectivity index (χ0n) is 10.7. The first-order chi connectivity index (χ1) is 8.86. The summed E-state index contributed by atoms with van der Waals surface area (Å²) in [6, 6.07) is 5.71. The molecule has 0 aliphatic carbocycles. The van der Waals surface area contributed by atoms with Gasteiger partial charge in [0.2, 0.25) is 10.0 Å². The molecule has 104 valence electrons. The van der Waals surface area contributed by atoms with E-state index in [-0.39, 0.29) is 23.6 Å². The fraction of sp³-hybridized carbons (Fsp3) is 0.333. The zero-order valence-corrected chi connectivity index (χ0v) is 11.5. The molecule has 0 bridgehead atoms. The molecule has 1 N–H and O–H groups in total. The quantitative estimate of drug-likeness (QED) is 0.615. The Kier molecular flexibility index (Phi) is 5.20. The summed E-state index contributed by atoms with van der Waals surface area (Å²) in [6.07, 6.45) is -0.0534. The number of ketones is 1. The lowest BCUT2D eigenvalue weighted by molar-refractivity contribution is -0.140. The minimum atomic E-state index is -3.73. The van der Waals surface area contributed by atoms with Gasteiger partial charge in [0.1, 0.15) is 0 Å². The molecule has 0 radical (unpaired) electrons. The molecule has 0 spiro atoms. The number of esters is 1. The Hall–Kier alpha value is -1.73. The Bertz CT molecular complexity index is 580. The van der Waals surface area contributed by atoms with E-state index in [9.17, 15) is 18.0 Å². The second kappa shape index (κ2) is 6.44. The third kappa shape index (κ3) is 4.46. The maximum Gasteiger partial charge on any atom is 0.306 e. The number of carbonyl (C=O) groups excluding carboxylic acids is 2. The van der Waals surface area contributed by atoms with Crippen molar-refractivity contribution in [3.63, 3.8) is 0 Å². The molecule has 0 unspecified atom stereocenters. The largest absolute Gasteiger partial charge is 0.469 e. The van der Waals surface area contributed by atoms with E-state index >= 15 is 0 Å². The van der Waals surface area contributed by atoms with E-state index in [0.29, 0.717) is 5.56 Å². The van der Waals surface area contributed by atoms with Gasteiger partial charge >= 0.3 is 5.97 Å². The van der Waals surface area contributed by atoms with Gasteiger partial charge < -0.3 is 4.74 Å². The highest BCUT2D eigenvalue weighted by Crippen LogP contribution is 2.11. The standard InChI is InChI=1S/C12H15NO5S/c1-9(14)10-4-3-5-11(8-10)19(16,17)13-7-6-12(15)18-2/h3-5,8,13H,6-7H2,1-2H3. The first-order valence-corrected chi connectivity index (χ1v) is 7.02. The average Bonchev–Trinajstić information content (AvgIpc) is 2.38. The maximum atomic E-state index is 11.9. The molecule has 0 saturated carbocycles. The molecule has 1 aromatic rings. The van der Waals surface area contributed by atoms with E-state index < -0.39 is 16.0 Å². The van der Waals surface area contributed by atoms with Crippen LogP contribution < -0.4 is 4.72 Å². The minimum absolute atomic E-state index is 0.00920. The maximum absolute atomic E-state index is 11.9. The third-order valence-corrected chi connectivity index (χ3v) is 3.86. The van der Waals surface area contributed by atoms with Crippen molar-refractivity contribution in [2.24, 2.45) is 0 Å². The SMILES string of the molecule is COC(=O)CCNS(=O)(=O)c1cccc(C(C)=O)c1. The Morgan fingerprint density at radius 2 is 2.00 bits per heavy atom. The van der Waals surface area contributed by atoms with Gasteiger partial charge in [0.15, 0.2) is 5.78 Å². The molecule has 0 heterocycles. The second-order valence-corrected chi connectivity index (χ2v) is 5.57. The van der Waals surface area contributed by atoms with Crippen LogP contribution in [0.3, 0.4) is 0 Å². The highest BCUT2D eigenvalue weighted by molar-refractivity contribution is 7.89. The number of methoxy groups -OCH3 is 1. The molecular weight excluding hydrogens is 270 g/mol. The van der Waals surface area contributed by atoms with E-state index in [1.165, 1.54) is 38.3 Å². The molecule has 0 aromatic heterocycles. The molecule has 0 aliphatic rings. The first-order valence-electron chi connectivity index (χ1n) is 5.54. The summed E-state index contributed by atoms with van der Waals surface area (Å²) in [5.74, 6) is -0.716. The van der Waals surface area contributed by atoms with Crippen LogP contribution in [0.15, 0.2) is 29.2 Å². The van der Waals surface area contributed by atoms with Crippen molar-refractivity contribution >= 4 is 21.8 Å². The van der Waals surface area contributed by atoms with Crippen molar-refractivity contribution in [3.05, 3.63) is 29.8 Å².